The molecule has 1 radical (unpaired) electrons. The second-order valence-electron chi connectivity index (χ2n) is 1.08. The number of halogens is 1. The van der Waals surface area contributed by atoms with E-state index in [0.29, 0.717) is 6.61 Å². The fraction of sp³-hybridized carbons (Fsp3) is 1.00. The first-order valence-electron chi connectivity index (χ1n) is 2.02. The summed E-state index contributed by atoms with van der Waals surface area (Å²) in [5.41, 5.74) is 0. The zero-order chi connectivity index (χ0) is 4.12. The van der Waals surface area contributed by atoms with Gasteiger partial charge in [0.1, 0.15) is 0 Å². The van der Waals surface area contributed by atoms with E-state index in [-0.39, 0.29) is 29.2 Å². The third-order valence-electron chi connectivity index (χ3n) is 0.512. The summed E-state index contributed by atoms with van der Waals surface area (Å²) < 4.78 is 0. The Kier molecular flexibility index (Phi) is 35.5. The Labute approximate surface area is 61.1 Å². The minimum Gasteiger partial charge on any atom is -0.396 e. The van der Waals surface area contributed by atoms with Crippen LogP contribution >= 0.6 is 12.4 Å². The molecule has 0 amide bonds. The number of hydrogen-bond acceptors (Lipinski definition) is 1. The van der Waals surface area contributed by atoms with Crippen LogP contribution in [0.3, 0.4) is 0 Å². The van der Waals surface area contributed by atoms with Crippen molar-refractivity contribution in [2.45, 2.75) is 19.8 Å². The number of rotatable bonds is 2. The molecule has 1 N–H and O–H groups in total. The monoisotopic (exact) mass is 169 g/mol. The van der Waals surface area contributed by atoms with Crippen LogP contribution in [-0.4, -0.2) is 11.7 Å². The molecule has 3 heteroatoms. The van der Waals surface area contributed by atoms with E-state index in [9.17, 15) is 0 Å². The Hall–Kier alpha value is 0.756. The van der Waals surface area contributed by atoms with Crippen LogP contribution < -0.4 is 0 Å². The Balaban J connectivity index is -0.0000000800. The predicted octanol–water partition coefficient (Wildman–Crippen LogP) is 1.20. The van der Waals surface area contributed by atoms with Crippen molar-refractivity contribution in [3.63, 3.8) is 0 Å². The van der Waals surface area contributed by atoms with Crippen LogP contribution in [0.4, 0.5) is 0 Å². The van der Waals surface area contributed by atoms with Crippen molar-refractivity contribution in [2.24, 2.45) is 0 Å². The molecular weight excluding hydrogens is 158 g/mol. The molecule has 0 aromatic heterocycles. The molecule has 0 atom stereocenters. The fourth-order valence-corrected chi connectivity index (χ4v) is 0.158. The Bertz CT molecular complexity index is 19.2. The Morgan fingerprint density at radius 3 is 1.86 bits per heavy atom. The number of aliphatic hydroxyl groups is 1. The van der Waals surface area contributed by atoms with Gasteiger partial charge in [0.25, 0.3) is 0 Å². The summed E-state index contributed by atoms with van der Waals surface area (Å²) in [5, 5.41) is 8.07. The van der Waals surface area contributed by atoms with Gasteiger partial charge in [-0.25, -0.2) is 0 Å². The first-order chi connectivity index (χ1) is 2.41. The van der Waals surface area contributed by atoms with Gasteiger partial charge in [-0.05, 0) is 6.42 Å². The van der Waals surface area contributed by atoms with Gasteiger partial charge in [-0.15, -0.1) is 12.4 Å². The van der Waals surface area contributed by atoms with Crippen LogP contribution in [0.5, 0.6) is 0 Å². The van der Waals surface area contributed by atoms with Gasteiger partial charge in [-0.2, -0.15) is 0 Å². The van der Waals surface area contributed by atoms with E-state index in [1.165, 1.54) is 0 Å². The molecule has 0 aliphatic carbocycles. The van der Waals surface area contributed by atoms with Crippen molar-refractivity contribution in [1.29, 1.82) is 0 Å². The molecule has 0 saturated carbocycles. The van der Waals surface area contributed by atoms with Crippen LogP contribution in [0.2, 0.25) is 0 Å². The number of aliphatic hydroxyl groups excluding tert-OH is 1. The number of unbranched alkanes of at least 4 members (excludes halogenated alkanes) is 1. The zero-order valence-corrected chi connectivity index (χ0v) is 6.17. The fourth-order valence-electron chi connectivity index (χ4n) is 0.158. The molecule has 0 aromatic carbocycles. The standard InChI is InChI=1S/C4H10O.ClH.Co/c1-2-3-4-5;;/h5H,2-4H2,1H3;1H;. The molecular formula is C4H11ClCoO. The second-order valence-corrected chi connectivity index (χ2v) is 1.08. The van der Waals surface area contributed by atoms with Crippen molar-refractivity contribution in [1.82, 2.24) is 0 Å². The van der Waals surface area contributed by atoms with Gasteiger partial charge in [0.05, 0.1) is 0 Å². The van der Waals surface area contributed by atoms with E-state index < -0.39 is 0 Å². The van der Waals surface area contributed by atoms with Gasteiger partial charge < -0.3 is 5.11 Å². The van der Waals surface area contributed by atoms with Crippen LogP contribution in [0.1, 0.15) is 19.8 Å². The summed E-state index contributed by atoms with van der Waals surface area (Å²) in [6.07, 6.45) is 2.04. The van der Waals surface area contributed by atoms with Crippen molar-refractivity contribution in [3.05, 3.63) is 0 Å². The second kappa shape index (κ2) is 15.9. The van der Waals surface area contributed by atoms with Gasteiger partial charge in [-0.1, -0.05) is 13.3 Å². The van der Waals surface area contributed by atoms with E-state index in [2.05, 4.69) is 6.92 Å². The van der Waals surface area contributed by atoms with Crippen LogP contribution in [0.15, 0.2) is 0 Å². The van der Waals surface area contributed by atoms with Crippen LogP contribution in [0, 0.1) is 0 Å². The van der Waals surface area contributed by atoms with E-state index in [1.807, 2.05) is 0 Å². The minimum absolute atomic E-state index is 0. The molecule has 0 spiro atoms. The molecule has 0 aromatic rings. The first-order valence-corrected chi connectivity index (χ1v) is 2.02. The average Bonchev–Trinajstić information content (AvgIpc) is 1.41. The van der Waals surface area contributed by atoms with Gasteiger partial charge in [0.2, 0.25) is 0 Å². The maximum absolute atomic E-state index is 8.07. The van der Waals surface area contributed by atoms with Crippen molar-refractivity contribution in [2.75, 3.05) is 6.61 Å². The summed E-state index contributed by atoms with van der Waals surface area (Å²) in [7, 11) is 0. The maximum atomic E-state index is 8.07. The normalized spacial score (nSPS) is 6.00. The van der Waals surface area contributed by atoms with Gasteiger partial charge in [0, 0.05) is 23.4 Å². The van der Waals surface area contributed by atoms with E-state index in [4.69, 9.17) is 5.11 Å². The Morgan fingerprint density at radius 2 is 1.86 bits per heavy atom. The van der Waals surface area contributed by atoms with Crippen molar-refractivity contribution < 1.29 is 21.9 Å². The van der Waals surface area contributed by atoms with Crippen molar-refractivity contribution >= 4 is 12.4 Å². The van der Waals surface area contributed by atoms with Gasteiger partial charge in [0.15, 0.2) is 0 Å². The third-order valence-corrected chi connectivity index (χ3v) is 0.512. The third kappa shape index (κ3) is 20.1. The molecule has 0 heterocycles. The van der Waals surface area contributed by atoms with E-state index in [1.54, 1.807) is 0 Å². The molecule has 7 heavy (non-hydrogen) atoms. The summed E-state index contributed by atoms with van der Waals surface area (Å²) >= 11 is 0. The van der Waals surface area contributed by atoms with Crippen molar-refractivity contribution in [3.8, 4) is 0 Å². The molecule has 0 aliphatic heterocycles. The molecule has 0 rings (SSSR count). The average molecular weight is 170 g/mol. The molecule has 0 bridgehead atoms. The Morgan fingerprint density at radius 1 is 1.43 bits per heavy atom. The molecule has 0 unspecified atom stereocenters. The molecule has 1 nitrogen and oxygen atoms in total. The molecule has 0 saturated heterocycles. The van der Waals surface area contributed by atoms with Crippen LogP contribution in [0.25, 0.3) is 0 Å². The predicted molar refractivity (Wildman–Crippen MR) is 29.2 cm³/mol. The van der Waals surface area contributed by atoms with Gasteiger partial charge >= 0.3 is 0 Å². The summed E-state index contributed by atoms with van der Waals surface area (Å²) in [6.45, 7) is 2.40. The molecule has 0 aliphatic rings. The summed E-state index contributed by atoms with van der Waals surface area (Å²) in [6, 6.07) is 0. The quantitative estimate of drug-likeness (QED) is 0.659. The van der Waals surface area contributed by atoms with E-state index >= 15 is 0 Å². The molecule has 0 fully saturated rings. The summed E-state index contributed by atoms with van der Waals surface area (Å²) in [4.78, 5) is 0. The topological polar surface area (TPSA) is 20.2 Å². The smallest absolute Gasteiger partial charge is 0.0430 e. The van der Waals surface area contributed by atoms with Gasteiger partial charge in [-0.3, -0.25) is 0 Å². The van der Waals surface area contributed by atoms with E-state index in [0.717, 1.165) is 12.8 Å². The zero-order valence-electron chi connectivity index (χ0n) is 4.31. The maximum Gasteiger partial charge on any atom is 0.0430 e. The first kappa shape index (κ1) is 15.7. The summed E-state index contributed by atoms with van der Waals surface area (Å²) in [5.74, 6) is 0. The van der Waals surface area contributed by atoms with Crippen LogP contribution in [-0.2, 0) is 16.8 Å². The minimum atomic E-state index is 0. The SMILES string of the molecule is CCCCO.Cl.[Co]. The molecule has 49 valence electrons. The number of hydrogen-bond donors (Lipinski definition) is 1. The largest absolute Gasteiger partial charge is 0.396 e.